The van der Waals surface area contributed by atoms with Crippen molar-refractivity contribution in [3.8, 4) is 5.75 Å². The summed E-state index contributed by atoms with van der Waals surface area (Å²) in [7, 11) is 1.45. The number of esters is 1. The molecule has 0 bridgehead atoms. The Morgan fingerprint density at radius 1 is 0.862 bits per heavy atom. The third-order valence-electron chi connectivity index (χ3n) is 5.91. The molecule has 3 aromatic rings. The van der Waals surface area contributed by atoms with Gasteiger partial charge in [-0.25, -0.2) is 0 Å². The molecule has 0 heterocycles. The van der Waals surface area contributed by atoms with Gasteiger partial charge in [0.25, 0.3) is 0 Å². The van der Waals surface area contributed by atoms with Crippen LogP contribution in [0.4, 0.5) is 0 Å². The molecule has 4 heteroatoms. The van der Waals surface area contributed by atoms with Crippen LogP contribution < -0.4 is 4.74 Å². The fourth-order valence-electron chi connectivity index (χ4n) is 4.55. The summed E-state index contributed by atoms with van der Waals surface area (Å²) in [5, 5.41) is 8.98. The number of benzene rings is 3. The molecule has 148 valence electrons. The van der Waals surface area contributed by atoms with Crippen LogP contribution >= 0.6 is 0 Å². The minimum absolute atomic E-state index is 0.0326. The molecule has 0 aromatic heterocycles. The molecule has 1 aliphatic rings. The Balaban J connectivity index is 1.87. The molecule has 3 aromatic carbocycles. The van der Waals surface area contributed by atoms with E-state index in [1.165, 1.54) is 7.11 Å². The molecule has 0 saturated heterocycles. The average Bonchev–Trinajstić information content (AvgIpc) is 3.51. The predicted molar refractivity (Wildman–Crippen MR) is 111 cm³/mol. The van der Waals surface area contributed by atoms with Crippen LogP contribution in [0.2, 0.25) is 0 Å². The van der Waals surface area contributed by atoms with Gasteiger partial charge >= 0.3 is 5.97 Å². The Kier molecular flexibility index (Phi) is 5.12. The molecule has 1 aliphatic carbocycles. The molecule has 2 atom stereocenters. The monoisotopic (exact) mass is 388 g/mol. The van der Waals surface area contributed by atoms with Gasteiger partial charge in [0.2, 0.25) is 0 Å². The molecule has 0 unspecified atom stereocenters. The first kappa shape index (κ1) is 19.2. The second-order valence-electron chi connectivity index (χ2n) is 7.31. The maximum Gasteiger partial charge on any atom is 0.317 e. The first-order chi connectivity index (χ1) is 14.2. The molecular weight excluding hydrogens is 364 g/mol. The van der Waals surface area contributed by atoms with Gasteiger partial charge in [0, 0.05) is 5.41 Å². The normalized spacial score (nSPS) is 22.7. The van der Waals surface area contributed by atoms with Gasteiger partial charge in [0.05, 0.1) is 13.7 Å². The van der Waals surface area contributed by atoms with Crippen molar-refractivity contribution in [2.75, 3.05) is 20.3 Å². The number of aliphatic hydroxyl groups is 1. The zero-order valence-electron chi connectivity index (χ0n) is 16.4. The standard InChI is InChI=1S/C25H24O4/c1-28-23(27)25(20-10-6-3-7-11-20)18-24(25,19-8-4-2-5-9-19)21-12-14-22(15-13-21)29-17-16-26/h2-15,26H,16-18H2,1H3/t24-,25-/m1/s1. The molecule has 0 aliphatic heterocycles. The van der Waals surface area contributed by atoms with Crippen molar-refractivity contribution in [2.24, 2.45) is 0 Å². The van der Waals surface area contributed by atoms with E-state index in [1.54, 1.807) is 0 Å². The van der Waals surface area contributed by atoms with Gasteiger partial charge in [0.1, 0.15) is 17.8 Å². The molecule has 0 spiro atoms. The lowest BCUT2D eigenvalue weighted by atomic mass is 9.77. The number of carbonyl (C=O) groups excluding carboxylic acids is 1. The molecule has 4 rings (SSSR count). The van der Waals surface area contributed by atoms with E-state index in [0.29, 0.717) is 12.2 Å². The van der Waals surface area contributed by atoms with Crippen LogP contribution in [0.3, 0.4) is 0 Å². The lowest BCUT2D eigenvalue weighted by Gasteiger charge is -2.26. The van der Waals surface area contributed by atoms with Crippen molar-refractivity contribution in [3.05, 3.63) is 102 Å². The Labute approximate surface area is 170 Å². The van der Waals surface area contributed by atoms with E-state index in [4.69, 9.17) is 14.6 Å². The third-order valence-corrected chi connectivity index (χ3v) is 5.91. The van der Waals surface area contributed by atoms with Gasteiger partial charge < -0.3 is 14.6 Å². The van der Waals surface area contributed by atoms with Crippen molar-refractivity contribution < 1.29 is 19.4 Å². The number of hydrogen-bond acceptors (Lipinski definition) is 4. The summed E-state index contributed by atoms with van der Waals surface area (Å²) in [4.78, 5) is 13.2. The Morgan fingerprint density at radius 3 is 1.97 bits per heavy atom. The first-order valence-corrected chi connectivity index (χ1v) is 9.73. The van der Waals surface area contributed by atoms with E-state index >= 15 is 0 Å². The van der Waals surface area contributed by atoms with Crippen LogP contribution in [0, 0.1) is 0 Å². The molecule has 1 saturated carbocycles. The summed E-state index contributed by atoms with van der Waals surface area (Å²) in [5.41, 5.74) is 1.78. The van der Waals surface area contributed by atoms with E-state index in [-0.39, 0.29) is 19.2 Å². The lowest BCUT2D eigenvalue weighted by molar-refractivity contribution is -0.144. The van der Waals surface area contributed by atoms with E-state index in [0.717, 1.165) is 16.7 Å². The molecule has 0 radical (unpaired) electrons. The third kappa shape index (κ3) is 3.00. The van der Waals surface area contributed by atoms with Gasteiger partial charge in [-0.3, -0.25) is 4.79 Å². The lowest BCUT2D eigenvalue weighted by Crippen LogP contribution is -2.32. The molecule has 4 nitrogen and oxygen atoms in total. The average molecular weight is 388 g/mol. The second-order valence-corrected chi connectivity index (χ2v) is 7.31. The number of hydrogen-bond donors (Lipinski definition) is 1. The highest BCUT2D eigenvalue weighted by Gasteiger charge is 2.74. The summed E-state index contributed by atoms with van der Waals surface area (Å²) in [6.07, 6.45) is 0.636. The van der Waals surface area contributed by atoms with Crippen LogP contribution in [-0.2, 0) is 20.4 Å². The van der Waals surface area contributed by atoms with Crippen LogP contribution in [0.1, 0.15) is 23.1 Å². The van der Waals surface area contributed by atoms with E-state index < -0.39 is 10.8 Å². The summed E-state index contributed by atoms with van der Waals surface area (Å²) < 4.78 is 10.8. The Hall–Kier alpha value is -3.11. The minimum Gasteiger partial charge on any atom is -0.491 e. The number of carbonyl (C=O) groups is 1. The van der Waals surface area contributed by atoms with Crippen molar-refractivity contribution in [2.45, 2.75) is 17.3 Å². The highest BCUT2D eigenvalue weighted by molar-refractivity contribution is 5.93. The van der Waals surface area contributed by atoms with Gasteiger partial charge in [0.15, 0.2) is 0 Å². The maximum absolute atomic E-state index is 13.2. The predicted octanol–water partition coefficient (Wildman–Crippen LogP) is 3.86. The second kappa shape index (κ2) is 7.72. The van der Waals surface area contributed by atoms with Crippen LogP contribution in [0.15, 0.2) is 84.9 Å². The quantitative estimate of drug-likeness (QED) is 0.625. The molecule has 0 amide bonds. The number of rotatable bonds is 7. The van der Waals surface area contributed by atoms with E-state index in [1.807, 2.05) is 72.8 Å². The zero-order valence-corrected chi connectivity index (χ0v) is 16.4. The zero-order chi connectivity index (χ0) is 20.3. The molecular formula is C25H24O4. The SMILES string of the molecule is COC(=O)[C@]1(c2ccccc2)C[C@@]1(c1ccccc1)c1ccc(OCCO)cc1. The van der Waals surface area contributed by atoms with E-state index in [2.05, 4.69) is 12.1 Å². The van der Waals surface area contributed by atoms with Crippen molar-refractivity contribution in [1.82, 2.24) is 0 Å². The van der Waals surface area contributed by atoms with Gasteiger partial charge in [-0.1, -0.05) is 72.8 Å². The van der Waals surface area contributed by atoms with Gasteiger partial charge in [-0.2, -0.15) is 0 Å². The summed E-state index contributed by atoms with van der Waals surface area (Å²) in [5.74, 6) is 0.461. The summed E-state index contributed by atoms with van der Waals surface area (Å²) >= 11 is 0. The van der Waals surface area contributed by atoms with Crippen molar-refractivity contribution in [3.63, 3.8) is 0 Å². The van der Waals surface area contributed by atoms with Crippen LogP contribution in [-0.4, -0.2) is 31.4 Å². The highest BCUT2D eigenvalue weighted by atomic mass is 16.5. The molecule has 29 heavy (non-hydrogen) atoms. The minimum atomic E-state index is -0.780. The van der Waals surface area contributed by atoms with E-state index in [9.17, 15) is 4.79 Å². The van der Waals surface area contributed by atoms with Gasteiger partial charge in [-0.15, -0.1) is 0 Å². The number of methoxy groups -OCH3 is 1. The number of aliphatic hydroxyl groups excluding tert-OH is 1. The first-order valence-electron chi connectivity index (χ1n) is 9.73. The Bertz CT molecular complexity index is 969. The van der Waals surface area contributed by atoms with Crippen LogP contribution in [0.5, 0.6) is 5.75 Å². The number of ether oxygens (including phenoxy) is 2. The maximum atomic E-state index is 13.2. The fraction of sp³-hybridized carbons (Fsp3) is 0.240. The van der Waals surface area contributed by atoms with Crippen LogP contribution in [0.25, 0.3) is 0 Å². The largest absolute Gasteiger partial charge is 0.491 e. The highest BCUT2D eigenvalue weighted by Crippen LogP contribution is 2.69. The molecule has 1 fully saturated rings. The topological polar surface area (TPSA) is 55.8 Å². The van der Waals surface area contributed by atoms with Crippen molar-refractivity contribution in [1.29, 1.82) is 0 Å². The van der Waals surface area contributed by atoms with Crippen molar-refractivity contribution >= 4 is 5.97 Å². The molecule has 1 N–H and O–H groups in total. The smallest absolute Gasteiger partial charge is 0.317 e. The summed E-state index contributed by atoms with van der Waals surface area (Å²) in [6.45, 7) is 0.217. The van der Waals surface area contributed by atoms with Gasteiger partial charge in [-0.05, 0) is 35.2 Å². The summed E-state index contributed by atoms with van der Waals surface area (Å²) in [6, 6.07) is 27.8. The fourth-order valence-corrected chi connectivity index (χ4v) is 4.55. The Morgan fingerprint density at radius 2 is 1.41 bits per heavy atom.